The van der Waals surface area contributed by atoms with Crippen molar-refractivity contribution in [3.8, 4) is 0 Å². The van der Waals surface area contributed by atoms with Crippen molar-refractivity contribution >= 4 is 5.91 Å². The summed E-state index contributed by atoms with van der Waals surface area (Å²) in [5.41, 5.74) is 0. The van der Waals surface area contributed by atoms with E-state index in [1.807, 2.05) is 0 Å². The molecule has 0 aromatic heterocycles. The van der Waals surface area contributed by atoms with Gasteiger partial charge in [0.15, 0.2) is 0 Å². The Morgan fingerprint density at radius 1 is 1.80 bits per heavy atom. The first-order chi connectivity index (χ1) is 4.84. The molecule has 2 N–H and O–H groups in total. The van der Waals surface area contributed by atoms with Crippen molar-refractivity contribution in [3.63, 3.8) is 0 Å². The molecule has 1 amide bonds. The predicted molar refractivity (Wildman–Crippen MR) is 35.4 cm³/mol. The summed E-state index contributed by atoms with van der Waals surface area (Å²) in [5.74, 6) is -0.0797. The van der Waals surface area contributed by atoms with Crippen molar-refractivity contribution in [1.29, 1.82) is 0 Å². The first kappa shape index (κ1) is 7.47. The van der Waals surface area contributed by atoms with Crippen molar-refractivity contribution in [1.82, 2.24) is 10.6 Å². The number of carbonyl (C=O) groups excluding carboxylic acids is 1. The third-order valence-corrected chi connectivity index (χ3v) is 1.53. The minimum absolute atomic E-state index is 0.0634. The van der Waals surface area contributed by atoms with E-state index < -0.39 is 6.67 Å². The third kappa shape index (κ3) is 1.67. The van der Waals surface area contributed by atoms with Crippen LogP contribution in [0.1, 0.15) is 6.42 Å². The number of nitrogens with one attached hydrogen (secondary N) is 2. The number of carbonyl (C=O) groups is 1. The number of amides is 1. The highest BCUT2D eigenvalue weighted by Gasteiger charge is 2.23. The van der Waals surface area contributed by atoms with E-state index in [0.29, 0.717) is 0 Å². The molecule has 1 rings (SSSR count). The summed E-state index contributed by atoms with van der Waals surface area (Å²) in [7, 11) is 0. The minimum Gasteiger partial charge on any atom is -0.352 e. The summed E-state index contributed by atoms with van der Waals surface area (Å²) < 4.78 is 11.5. The number of hydrogen-bond acceptors (Lipinski definition) is 2. The van der Waals surface area contributed by atoms with Gasteiger partial charge in [-0.3, -0.25) is 4.79 Å². The lowest BCUT2D eigenvalue weighted by molar-refractivity contribution is -0.124. The average Bonchev–Trinajstić information content (AvgIpc) is 1.79. The van der Waals surface area contributed by atoms with E-state index in [1.54, 1.807) is 0 Å². The van der Waals surface area contributed by atoms with Gasteiger partial charge in [-0.05, 0) is 13.0 Å². The van der Waals surface area contributed by atoms with Crippen molar-refractivity contribution in [3.05, 3.63) is 0 Å². The predicted octanol–water partition coefficient (Wildman–Crippen LogP) is -0.566. The smallest absolute Gasteiger partial charge is 0.237 e. The molecule has 3 nitrogen and oxygen atoms in total. The molecule has 58 valence electrons. The van der Waals surface area contributed by atoms with E-state index in [2.05, 4.69) is 10.6 Å². The Morgan fingerprint density at radius 3 is 2.90 bits per heavy atom. The highest BCUT2D eigenvalue weighted by atomic mass is 19.1. The molecule has 1 aliphatic rings. The largest absolute Gasteiger partial charge is 0.352 e. The van der Waals surface area contributed by atoms with Gasteiger partial charge in [-0.25, -0.2) is 4.39 Å². The summed E-state index contributed by atoms with van der Waals surface area (Å²) in [4.78, 5) is 10.8. The van der Waals surface area contributed by atoms with Crippen molar-refractivity contribution in [2.45, 2.75) is 12.5 Å². The van der Waals surface area contributed by atoms with Crippen LogP contribution in [-0.2, 0) is 4.79 Å². The molecule has 0 aliphatic carbocycles. The Kier molecular flexibility index (Phi) is 2.62. The maximum absolute atomic E-state index is 11.5. The van der Waals surface area contributed by atoms with Crippen LogP contribution < -0.4 is 10.6 Å². The Hall–Kier alpha value is -0.640. The van der Waals surface area contributed by atoms with E-state index in [9.17, 15) is 9.18 Å². The topological polar surface area (TPSA) is 41.1 Å². The lowest BCUT2D eigenvalue weighted by Gasteiger charge is -2.25. The normalized spacial score (nSPS) is 23.5. The van der Waals surface area contributed by atoms with Crippen molar-refractivity contribution in [2.24, 2.45) is 0 Å². The zero-order chi connectivity index (χ0) is 7.40. The van der Waals surface area contributed by atoms with Gasteiger partial charge in [0, 0.05) is 6.54 Å². The number of halogens is 1. The molecule has 1 fully saturated rings. The molecule has 0 radical (unpaired) electrons. The van der Waals surface area contributed by atoms with Crippen LogP contribution in [0, 0.1) is 0 Å². The van der Waals surface area contributed by atoms with Gasteiger partial charge in [0.2, 0.25) is 5.91 Å². The van der Waals surface area contributed by atoms with Crippen LogP contribution >= 0.6 is 0 Å². The van der Waals surface area contributed by atoms with Gasteiger partial charge < -0.3 is 10.6 Å². The molecule has 4 heteroatoms. The number of hydrogen-bond donors (Lipinski definition) is 2. The molecule has 0 bridgehead atoms. The number of rotatable bonds is 3. The molecule has 0 aromatic rings. The second kappa shape index (κ2) is 3.51. The Labute approximate surface area is 59.0 Å². The highest BCUT2D eigenvalue weighted by molar-refractivity contribution is 5.82. The summed E-state index contributed by atoms with van der Waals surface area (Å²) in [6.07, 6.45) is 0.873. The van der Waals surface area contributed by atoms with Crippen LogP contribution in [0.4, 0.5) is 4.39 Å². The fraction of sp³-hybridized carbons (Fsp3) is 0.833. The van der Waals surface area contributed by atoms with E-state index in [-0.39, 0.29) is 18.5 Å². The van der Waals surface area contributed by atoms with Crippen LogP contribution in [0.3, 0.4) is 0 Å². The molecule has 10 heavy (non-hydrogen) atoms. The number of alkyl halides is 1. The SMILES string of the molecule is O=C(NCCF)C1CCN1. The van der Waals surface area contributed by atoms with Crippen LogP contribution in [0.15, 0.2) is 0 Å². The Morgan fingerprint density at radius 2 is 2.50 bits per heavy atom. The van der Waals surface area contributed by atoms with E-state index in [1.165, 1.54) is 0 Å². The molecule has 0 spiro atoms. The maximum atomic E-state index is 11.5. The quantitative estimate of drug-likeness (QED) is 0.560. The highest BCUT2D eigenvalue weighted by Crippen LogP contribution is 2.00. The molecular formula is C6H11FN2O. The molecule has 1 saturated heterocycles. The van der Waals surface area contributed by atoms with Gasteiger partial charge in [0.05, 0.1) is 6.04 Å². The van der Waals surface area contributed by atoms with Gasteiger partial charge in [-0.2, -0.15) is 0 Å². The standard InChI is InChI=1S/C6H11FN2O/c7-2-4-9-6(10)5-1-3-8-5/h5,8H,1-4H2,(H,9,10). The average molecular weight is 146 g/mol. The summed E-state index contributed by atoms with van der Waals surface area (Å²) in [6, 6.07) is -0.0634. The Balaban J connectivity index is 2.08. The molecule has 0 saturated carbocycles. The Bertz CT molecular complexity index is 125. The second-order valence-corrected chi connectivity index (χ2v) is 2.28. The van der Waals surface area contributed by atoms with Gasteiger partial charge in [0.1, 0.15) is 6.67 Å². The maximum Gasteiger partial charge on any atom is 0.237 e. The van der Waals surface area contributed by atoms with Crippen LogP contribution in [0.2, 0.25) is 0 Å². The first-order valence-corrected chi connectivity index (χ1v) is 3.41. The molecule has 1 aliphatic heterocycles. The zero-order valence-electron chi connectivity index (χ0n) is 5.69. The van der Waals surface area contributed by atoms with Crippen LogP contribution in [-0.4, -0.2) is 31.7 Å². The fourth-order valence-corrected chi connectivity index (χ4v) is 0.806. The van der Waals surface area contributed by atoms with Gasteiger partial charge in [-0.15, -0.1) is 0 Å². The van der Waals surface area contributed by atoms with Crippen molar-refractivity contribution < 1.29 is 9.18 Å². The molecule has 1 heterocycles. The summed E-state index contributed by atoms with van der Waals surface area (Å²) in [5, 5.41) is 5.38. The minimum atomic E-state index is -0.488. The third-order valence-electron chi connectivity index (χ3n) is 1.53. The second-order valence-electron chi connectivity index (χ2n) is 2.28. The summed E-state index contributed by atoms with van der Waals surface area (Å²) in [6.45, 7) is 0.545. The lowest BCUT2D eigenvalue weighted by Crippen LogP contribution is -2.53. The first-order valence-electron chi connectivity index (χ1n) is 3.41. The van der Waals surface area contributed by atoms with E-state index in [4.69, 9.17) is 0 Å². The molecule has 1 atom stereocenters. The van der Waals surface area contributed by atoms with E-state index >= 15 is 0 Å². The van der Waals surface area contributed by atoms with Gasteiger partial charge >= 0.3 is 0 Å². The van der Waals surface area contributed by atoms with Gasteiger partial charge in [0.25, 0.3) is 0 Å². The zero-order valence-corrected chi connectivity index (χ0v) is 5.69. The molecule has 0 aromatic carbocycles. The summed E-state index contributed by atoms with van der Waals surface area (Å²) >= 11 is 0. The fourth-order valence-electron chi connectivity index (χ4n) is 0.806. The lowest BCUT2D eigenvalue weighted by atomic mass is 10.1. The molecular weight excluding hydrogens is 135 g/mol. The monoisotopic (exact) mass is 146 g/mol. The molecule has 1 unspecified atom stereocenters. The van der Waals surface area contributed by atoms with E-state index in [0.717, 1.165) is 13.0 Å². The van der Waals surface area contributed by atoms with Gasteiger partial charge in [-0.1, -0.05) is 0 Å². The van der Waals surface area contributed by atoms with Crippen LogP contribution in [0.25, 0.3) is 0 Å². The van der Waals surface area contributed by atoms with Crippen molar-refractivity contribution in [2.75, 3.05) is 19.8 Å². The van der Waals surface area contributed by atoms with Crippen LogP contribution in [0.5, 0.6) is 0 Å².